The van der Waals surface area contributed by atoms with Gasteiger partial charge >= 0.3 is 0 Å². The first kappa shape index (κ1) is 13.5. The van der Waals surface area contributed by atoms with Gasteiger partial charge in [-0.3, -0.25) is 4.79 Å². The van der Waals surface area contributed by atoms with Crippen molar-refractivity contribution in [1.82, 2.24) is 4.57 Å². The van der Waals surface area contributed by atoms with Crippen molar-refractivity contribution in [2.75, 3.05) is 13.7 Å². The Morgan fingerprint density at radius 3 is 2.53 bits per heavy atom. The molecule has 0 saturated heterocycles. The van der Waals surface area contributed by atoms with E-state index in [0.717, 1.165) is 11.3 Å². The smallest absolute Gasteiger partial charge is 0.256 e. The lowest BCUT2D eigenvalue weighted by Gasteiger charge is -2.14. The van der Waals surface area contributed by atoms with E-state index < -0.39 is 0 Å². The molecule has 1 aromatic heterocycles. The fraction of sp³-hybridized carbons (Fsp3) is 0.267. The molecule has 0 aliphatic carbocycles. The van der Waals surface area contributed by atoms with Gasteiger partial charge in [0, 0.05) is 19.2 Å². The molecule has 2 rings (SSSR count). The van der Waals surface area contributed by atoms with Gasteiger partial charge in [-0.2, -0.15) is 0 Å². The van der Waals surface area contributed by atoms with Gasteiger partial charge in [0.1, 0.15) is 0 Å². The lowest BCUT2D eigenvalue weighted by atomic mass is 10.1. The Balaban J connectivity index is 2.54. The molecule has 0 saturated carbocycles. The summed E-state index contributed by atoms with van der Waals surface area (Å²) in [5, 5.41) is 9.19. The Bertz CT molecular complexity index is 590. The molecule has 4 nitrogen and oxygen atoms in total. The molecule has 0 unspecified atom stereocenters. The molecule has 100 valence electrons. The molecule has 0 atom stereocenters. The molecule has 2 aromatic rings. The molecule has 1 N–H and O–H groups in total. The van der Waals surface area contributed by atoms with Gasteiger partial charge in [0.15, 0.2) is 0 Å². The zero-order valence-electron chi connectivity index (χ0n) is 10.9. The summed E-state index contributed by atoms with van der Waals surface area (Å²) < 4.78 is 6.69. The highest BCUT2D eigenvalue weighted by molar-refractivity contribution is 5.59. The number of ether oxygens (including phenoxy) is 1. The van der Waals surface area contributed by atoms with E-state index in [0.29, 0.717) is 18.7 Å². The number of hydrogen-bond donors (Lipinski definition) is 1. The molecule has 0 radical (unpaired) electrons. The van der Waals surface area contributed by atoms with Gasteiger partial charge in [-0.15, -0.1) is 0 Å². The molecule has 0 fully saturated rings. The molecule has 19 heavy (non-hydrogen) atoms. The fourth-order valence-electron chi connectivity index (χ4n) is 2.01. The number of aromatic nitrogens is 1. The Kier molecular flexibility index (Phi) is 4.49. The second-order valence-corrected chi connectivity index (χ2v) is 4.22. The highest BCUT2D eigenvalue weighted by atomic mass is 16.5. The van der Waals surface area contributed by atoms with Crippen LogP contribution in [0, 0.1) is 0 Å². The lowest BCUT2D eigenvalue weighted by molar-refractivity contribution is 0.186. The van der Waals surface area contributed by atoms with Crippen molar-refractivity contribution < 1.29 is 9.84 Å². The molecule has 4 heteroatoms. The largest absolute Gasteiger partial charge is 0.391 e. The van der Waals surface area contributed by atoms with Crippen LogP contribution in [0.5, 0.6) is 0 Å². The Morgan fingerprint density at radius 1 is 1.16 bits per heavy atom. The van der Waals surface area contributed by atoms with Gasteiger partial charge in [-0.1, -0.05) is 30.3 Å². The van der Waals surface area contributed by atoms with E-state index in [4.69, 9.17) is 4.74 Å². The van der Waals surface area contributed by atoms with E-state index in [2.05, 4.69) is 0 Å². The fourth-order valence-corrected chi connectivity index (χ4v) is 2.01. The maximum atomic E-state index is 12.2. The summed E-state index contributed by atoms with van der Waals surface area (Å²) in [5.74, 6) is 0. The van der Waals surface area contributed by atoms with Gasteiger partial charge in [0.2, 0.25) is 0 Å². The minimum atomic E-state index is -0.249. The highest BCUT2D eigenvalue weighted by Gasteiger charge is 2.09. The van der Waals surface area contributed by atoms with Gasteiger partial charge in [0.25, 0.3) is 5.56 Å². The number of nitrogens with zero attached hydrogens (tertiary/aromatic N) is 1. The van der Waals surface area contributed by atoms with Crippen molar-refractivity contribution in [1.29, 1.82) is 0 Å². The van der Waals surface area contributed by atoms with Crippen molar-refractivity contribution in [2.45, 2.75) is 13.2 Å². The summed E-state index contributed by atoms with van der Waals surface area (Å²) in [6.45, 7) is 0.670. The van der Waals surface area contributed by atoms with E-state index in [-0.39, 0.29) is 12.2 Å². The molecule has 0 aliphatic heterocycles. The van der Waals surface area contributed by atoms with E-state index in [1.165, 1.54) is 0 Å². The second kappa shape index (κ2) is 6.31. The molecule has 0 amide bonds. The van der Waals surface area contributed by atoms with Crippen LogP contribution in [0.4, 0.5) is 0 Å². The number of aliphatic hydroxyl groups is 1. The molecule has 1 aromatic carbocycles. The first-order chi connectivity index (χ1) is 9.27. The minimum Gasteiger partial charge on any atom is -0.391 e. The SMILES string of the molecule is COCCn1c(-c2ccccc2)ccc(CO)c1=O. The number of methoxy groups -OCH3 is 1. The number of pyridine rings is 1. The van der Waals surface area contributed by atoms with Crippen molar-refractivity contribution >= 4 is 0 Å². The van der Waals surface area contributed by atoms with Crippen LogP contribution >= 0.6 is 0 Å². The van der Waals surface area contributed by atoms with Gasteiger partial charge in [0.05, 0.1) is 18.9 Å². The van der Waals surface area contributed by atoms with Crippen LogP contribution in [0.1, 0.15) is 5.56 Å². The van der Waals surface area contributed by atoms with E-state index >= 15 is 0 Å². The molecule has 0 spiro atoms. The summed E-state index contributed by atoms with van der Waals surface area (Å²) in [7, 11) is 1.60. The summed E-state index contributed by atoms with van der Waals surface area (Å²) in [5.41, 5.74) is 2.04. The van der Waals surface area contributed by atoms with Crippen LogP contribution in [0.3, 0.4) is 0 Å². The van der Waals surface area contributed by atoms with Crippen molar-refractivity contribution in [3.8, 4) is 11.3 Å². The number of aliphatic hydroxyl groups excluding tert-OH is 1. The summed E-state index contributed by atoms with van der Waals surface area (Å²) in [6.07, 6.45) is 0. The van der Waals surface area contributed by atoms with Crippen LogP contribution in [0.2, 0.25) is 0 Å². The zero-order valence-corrected chi connectivity index (χ0v) is 10.9. The Morgan fingerprint density at radius 2 is 1.89 bits per heavy atom. The van der Waals surface area contributed by atoms with Crippen LogP contribution in [-0.4, -0.2) is 23.4 Å². The second-order valence-electron chi connectivity index (χ2n) is 4.22. The maximum absolute atomic E-state index is 12.2. The first-order valence-electron chi connectivity index (χ1n) is 6.16. The van der Waals surface area contributed by atoms with Crippen LogP contribution in [-0.2, 0) is 17.9 Å². The quantitative estimate of drug-likeness (QED) is 0.888. The standard InChI is InChI=1S/C15H17NO3/c1-19-10-9-16-14(12-5-3-2-4-6-12)8-7-13(11-17)15(16)18/h2-8,17H,9-11H2,1H3. The van der Waals surface area contributed by atoms with E-state index in [1.807, 2.05) is 36.4 Å². The van der Waals surface area contributed by atoms with Gasteiger partial charge in [-0.25, -0.2) is 0 Å². The predicted molar refractivity (Wildman–Crippen MR) is 73.9 cm³/mol. The third-order valence-corrected chi connectivity index (χ3v) is 3.01. The maximum Gasteiger partial charge on any atom is 0.256 e. The summed E-state index contributed by atoms with van der Waals surface area (Å²) in [4.78, 5) is 12.2. The van der Waals surface area contributed by atoms with Crippen LogP contribution < -0.4 is 5.56 Å². The average molecular weight is 259 g/mol. The molecule has 1 heterocycles. The lowest BCUT2D eigenvalue weighted by Crippen LogP contribution is -2.26. The van der Waals surface area contributed by atoms with Gasteiger partial charge in [-0.05, 0) is 17.7 Å². The summed E-state index contributed by atoms with van der Waals surface area (Å²) >= 11 is 0. The Labute approximate surface area is 111 Å². The average Bonchev–Trinajstić information content (AvgIpc) is 2.46. The number of hydrogen-bond acceptors (Lipinski definition) is 3. The van der Waals surface area contributed by atoms with Crippen LogP contribution in [0.15, 0.2) is 47.3 Å². The predicted octanol–water partition coefficient (Wildman–Crippen LogP) is 1.65. The van der Waals surface area contributed by atoms with Crippen LogP contribution in [0.25, 0.3) is 11.3 Å². The molecule has 0 bridgehead atoms. The number of rotatable bonds is 5. The molecule has 0 aliphatic rings. The third-order valence-electron chi connectivity index (χ3n) is 3.01. The summed E-state index contributed by atoms with van der Waals surface area (Å²) in [6, 6.07) is 13.2. The zero-order chi connectivity index (χ0) is 13.7. The molecular formula is C15H17NO3. The van der Waals surface area contributed by atoms with Gasteiger partial charge < -0.3 is 14.4 Å². The van der Waals surface area contributed by atoms with E-state index in [1.54, 1.807) is 17.7 Å². The van der Waals surface area contributed by atoms with E-state index in [9.17, 15) is 9.90 Å². The van der Waals surface area contributed by atoms with Crippen molar-refractivity contribution in [2.24, 2.45) is 0 Å². The minimum absolute atomic E-state index is 0.166. The number of benzene rings is 1. The van der Waals surface area contributed by atoms with Crippen molar-refractivity contribution in [3.05, 3.63) is 58.4 Å². The van der Waals surface area contributed by atoms with Crippen molar-refractivity contribution in [3.63, 3.8) is 0 Å². The topological polar surface area (TPSA) is 51.5 Å². The normalized spacial score (nSPS) is 10.6. The monoisotopic (exact) mass is 259 g/mol. The molecular weight excluding hydrogens is 242 g/mol. The first-order valence-corrected chi connectivity index (χ1v) is 6.16. The third kappa shape index (κ3) is 2.92. The highest BCUT2D eigenvalue weighted by Crippen LogP contribution is 2.17. The Hall–Kier alpha value is -1.91.